The van der Waals surface area contributed by atoms with E-state index in [0.717, 1.165) is 13.0 Å². The highest BCUT2D eigenvalue weighted by molar-refractivity contribution is 6.77. The third kappa shape index (κ3) is 4.20. The molecule has 0 aliphatic rings. The van der Waals surface area contributed by atoms with Crippen LogP contribution < -0.4 is 0 Å². The van der Waals surface area contributed by atoms with Crippen LogP contribution in [0.2, 0.25) is 16.6 Å². The van der Waals surface area contributed by atoms with E-state index in [-0.39, 0.29) is 11.7 Å². The van der Waals surface area contributed by atoms with Crippen LogP contribution >= 0.6 is 0 Å². The Bertz CT molecular complexity index is 237. The summed E-state index contributed by atoms with van der Waals surface area (Å²) in [6.45, 7) is 18.2. The predicted octanol–water partition coefficient (Wildman–Crippen LogP) is 4.79. The van der Waals surface area contributed by atoms with E-state index in [1.54, 1.807) is 6.92 Å². The molecule has 108 valence electrons. The Labute approximate surface area is 115 Å². The lowest BCUT2D eigenvalue weighted by Crippen LogP contribution is -2.48. The number of carbonyl (C=O) groups is 1. The summed E-state index contributed by atoms with van der Waals surface area (Å²) in [4.78, 5) is 11.3. The van der Waals surface area contributed by atoms with Crippen LogP contribution in [0.25, 0.3) is 0 Å². The SMILES string of the molecule is CC(=O)[C@@H](C)CCO[Si](C(C)C)(C(C)C)C(C)C. The Balaban J connectivity index is 4.67. The standard InChI is InChI=1S/C15H32O2Si/c1-11(2)18(12(3)4,13(5)6)17-10-9-14(7)15(8)16/h11-14H,9-10H2,1-8H3/t14-/m0/s1. The van der Waals surface area contributed by atoms with Crippen LogP contribution in [0.4, 0.5) is 0 Å². The van der Waals surface area contributed by atoms with Crippen molar-refractivity contribution in [3.63, 3.8) is 0 Å². The summed E-state index contributed by atoms with van der Waals surface area (Å²) in [7, 11) is -1.74. The second-order valence-electron chi connectivity index (χ2n) is 6.47. The zero-order valence-corrected chi connectivity index (χ0v) is 14.5. The fraction of sp³-hybridized carbons (Fsp3) is 0.933. The summed E-state index contributed by atoms with van der Waals surface area (Å²) in [5.41, 5.74) is 1.85. The van der Waals surface area contributed by atoms with E-state index in [1.807, 2.05) is 6.92 Å². The average molecular weight is 273 g/mol. The number of rotatable bonds is 8. The average Bonchev–Trinajstić information content (AvgIpc) is 2.21. The van der Waals surface area contributed by atoms with Crippen LogP contribution in [0.5, 0.6) is 0 Å². The van der Waals surface area contributed by atoms with Crippen LogP contribution in [0.3, 0.4) is 0 Å². The van der Waals surface area contributed by atoms with Crippen molar-refractivity contribution in [2.24, 2.45) is 5.92 Å². The third-order valence-electron chi connectivity index (χ3n) is 4.30. The topological polar surface area (TPSA) is 26.3 Å². The fourth-order valence-electron chi connectivity index (χ4n) is 3.12. The zero-order chi connectivity index (χ0) is 14.5. The molecule has 0 saturated carbocycles. The molecule has 0 fully saturated rings. The molecule has 0 aromatic rings. The molecule has 0 N–H and O–H groups in total. The van der Waals surface area contributed by atoms with E-state index in [4.69, 9.17) is 4.43 Å². The van der Waals surface area contributed by atoms with E-state index in [2.05, 4.69) is 41.5 Å². The van der Waals surface area contributed by atoms with Gasteiger partial charge in [0.15, 0.2) is 8.32 Å². The van der Waals surface area contributed by atoms with Crippen LogP contribution in [-0.4, -0.2) is 20.7 Å². The highest BCUT2D eigenvalue weighted by atomic mass is 28.4. The Kier molecular flexibility index (Phi) is 7.38. The first-order chi connectivity index (χ1) is 8.16. The van der Waals surface area contributed by atoms with Crippen molar-refractivity contribution in [2.75, 3.05) is 6.61 Å². The summed E-state index contributed by atoms with van der Waals surface area (Å²) in [6.07, 6.45) is 0.857. The molecule has 0 amide bonds. The maximum Gasteiger partial charge on any atom is 0.200 e. The lowest BCUT2D eigenvalue weighted by Gasteiger charge is -2.42. The third-order valence-corrected chi connectivity index (χ3v) is 10.4. The lowest BCUT2D eigenvalue weighted by atomic mass is 10.1. The van der Waals surface area contributed by atoms with E-state index in [9.17, 15) is 4.79 Å². The number of hydrogen-bond donors (Lipinski definition) is 0. The molecule has 0 aromatic carbocycles. The normalized spacial score (nSPS) is 14.6. The van der Waals surface area contributed by atoms with Gasteiger partial charge in [0.2, 0.25) is 0 Å². The van der Waals surface area contributed by atoms with Gasteiger partial charge in [-0.05, 0) is 30.0 Å². The molecule has 0 unspecified atom stereocenters. The van der Waals surface area contributed by atoms with Gasteiger partial charge in [0.05, 0.1) is 0 Å². The van der Waals surface area contributed by atoms with E-state index in [0.29, 0.717) is 16.6 Å². The minimum absolute atomic E-state index is 0.128. The molecule has 3 heteroatoms. The van der Waals surface area contributed by atoms with Crippen LogP contribution in [0, 0.1) is 5.92 Å². The van der Waals surface area contributed by atoms with Gasteiger partial charge in [-0.25, -0.2) is 0 Å². The minimum Gasteiger partial charge on any atom is -0.416 e. The molecule has 0 spiro atoms. The van der Waals surface area contributed by atoms with Gasteiger partial charge in [0, 0.05) is 12.5 Å². The first-order valence-corrected chi connectivity index (χ1v) is 9.44. The molecule has 0 heterocycles. The van der Waals surface area contributed by atoms with Crippen molar-refractivity contribution in [3.05, 3.63) is 0 Å². The molecule has 0 aliphatic heterocycles. The highest BCUT2D eigenvalue weighted by Gasteiger charge is 2.44. The Morgan fingerprint density at radius 3 is 1.61 bits per heavy atom. The fourth-order valence-corrected chi connectivity index (χ4v) is 8.59. The van der Waals surface area contributed by atoms with Crippen molar-refractivity contribution in [3.8, 4) is 0 Å². The van der Waals surface area contributed by atoms with E-state index >= 15 is 0 Å². The van der Waals surface area contributed by atoms with Crippen LogP contribution in [0.15, 0.2) is 0 Å². The second kappa shape index (κ2) is 7.44. The molecule has 0 aromatic heterocycles. The number of Topliss-reactive ketones (excluding diaryl/α,β-unsaturated/α-hetero) is 1. The number of carbonyl (C=O) groups excluding carboxylic acids is 1. The minimum atomic E-state index is -1.74. The van der Waals surface area contributed by atoms with Gasteiger partial charge in [0.25, 0.3) is 0 Å². The second-order valence-corrected chi connectivity index (χ2v) is 11.9. The van der Waals surface area contributed by atoms with Crippen molar-refractivity contribution < 1.29 is 9.22 Å². The Hall–Kier alpha value is -0.153. The molecule has 18 heavy (non-hydrogen) atoms. The monoisotopic (exact) mass is 272 g/mol. The molecule has 0 radical (unpaired) electrons. The quantitative estimate of drug-likeness (QED) is 0.594. The van der Waals surface area contributed by atoms with Gasteiger partial charge in [-0.1, -0.05) is 48.5 Å². The smallest absolute Gasteiger partial charge is 0.200 e. The number of hydrogen-bond acceptors (Lipinski definition) is 2. The van der Waals surface area contributed by atoms with E-state index in [1.165, 1.54) is 0 Å². The molecule has 0 bridgehead atoms. The van der Waals surface area contributed by atoms with Gasteiger partial charge in [-0.3, -0.25) is 4.79 Å². The largest absolute Gasteiger partial charge is 0.416 e. The van der Waals surface area contributed by atoms with Gasteiger partial charge in [-0.2, -0.15) is 0 Å². The van der Waals surface area contributed by atoms with Crippen LogP contribution in [0.1, 0.15) is 61.8 Å². The van der Waals surface area contributed by atoms with Gasteiger partial charge < -0.3 is 4.43 Å². The Morgan fingerprint density at radius 2 is 1.33 bits per heavy atom. The molecule has 2 nitrogen and oxygen atoms in total. The van der Waals surface area contributed by atoms with E-state index < -0.39 is 8.32 Å². The van der Waals surface area contributed by atoms with Crippen LogP contribution in [-0.2, 0) is 9.22 Å². The number of ketones is 1. The van der Waals surface area contributed by atoms with Crippen molar-refractivity contribution in [1.29, 1.82) is 0 Å². The summed E-state index contributed by atoms with van der Waals surface area (Å²) >= 11 is 0. The van der Waals surface area contributed by atoms with Crippen molar-refractivity contribution >= 4 is 14.1 Å². The first-order valence-electron chi connectivity index (χ1n) is 7.30. The van der Waals surface area contributed by atoms with Crippen molar-refractivity contribution in [1.82, 2.24) is 0 Å². The molecular weight excluding hydrogens is 240 g/mol. The maximum atomic E-state index is 11.3. The van der Waals surface area contributed by atoms with Gasteiger partial charge in [-0.15, -0.1) is 0 Å². The molecular formula is C15H32O2Si. The maximum absolute atomic E-state index is 11.3. The molecule has 0 rings (SSSR count). The molecule has 1 atom stereocenters. The van der Waals surface area contributed by atoms with Crippen molar-refractivity contribution in [2.45, 2.75) is 78.4 Å². The predicted molar refractivity (Wildman–Crippen MR) is 81.5 cm³/mol. The Morgan fingerprint density at radius 1 is 0.944 bits per heavy atom. The van der Waals surface area contributed by atoms with Gasteiger partial charge >= 0.3 is 0 Å². The summed E-state index contributed by atoms with van der Waals surface area (Å²) < 4.78 is 6.42. The lowest BCUT2D eigenvalue weighted by molar-refractivity contribution is -0.120. The highest BCUT2D eigenvalue weighted by Crippen LogP contribution is 2.42. The summed E-state index contributed by atoms with van der Waals surface area (Å²) in [6, 6.07) is 0. The first kappa shape index (κ1) is 17.8. The van der Waals surface area contributed by atoms with Gasteiger partial charge in [0.1, 0.15) is 5.78 Å². The summed E-state index contributed by atoms with van der Waals surface area (Å²) in [5.74, 6) is 0.396. The molecule has 0 aliphatic carbocycles. The molecule has 0 saturated heterocycles. The zero-order valence-electron chi connectivity index (χ0n) is 13.5. The summed E-state index contributed by atoms with van der Waals surface area (Å²) in [5, 5.41) is 0.